The largest absolute Gasteiger partial charge is 0.416 e. The van der Waals surface area contributed by atoms with Gasteiger partial charge >= 0.3 is 6.18 Å². The third-order valence-corrected chi connectivity index (χ3v) is 3.36. The number of carbonyl (C=O) groups is 1. The van der Waals surface area contributed by atoms with Crippen LogP contribution in [-0.4, -0.2) is 27.6 Å². The average molecular weight is 320 g/mol. The Balaban J connectivity index is 2.18. The van der Waals surface area contributed by atoms with E-state index in [1.54, 1.807) is 12.1 Å². The fourth-order valence-electron chi connectivity index (χ4n) is 2.26. The number of alkyl halides is 3. The molecule has 0 saturated heterocycles. The summed E-state index contributed by atoms with van der Waals surface area (Å²) in [6.07, 6.45) is -1.67. The van der Waals surface area contributed by atoms with Gasteiger partial charge in [0.1, 0.15) is 5.56 Å². The van der Waals surface area contributed by atoms with Crippen molar-refractivity contribution in [3.63, 3.8) is 0 Å². The van der Waals surface area contributed by atoms with Gasteiger partial charge < -0.3 is 5.32 Å². The molecular weight excluding hydrogens is 309 g/mol. The van der Waals surface area contributed by atoms with Crippen molar-refractivity contribution < 1.29 is 18.0 Å². The van der Waals surface area contributed by atoms with Gasteiger partial charge in [0.05, 0.1) is 17.5 Å². The van der Waals surface area contributed by atoms with E-state index in [0.717, 1.165) is 12.1 Å². The highest BCUT2D eigenvalue weighted by Crippen LogP contribution is 2.32. The van der Waals surface area contributed by atoms with Gasteiger partial charge in [-0.15, -0.1) is 0 Å². The Kier molecular flexibility index (Phi) is 3.51. The smallest absolute Gasteiger partial charge is 0.355 e. The van der Waals surface area contributed by atoms with Crippen LogP contribution in [0, 0.1) is 0 Å². The minimum Gasteiger partial charge on any atom is -0.355 e. The first-order valence-corrected chi connectivity index (χ1v) is 6.64. The fraction of sp³-hybridized carbons (Fsp3) is 0.133. The van der Waals surface area contributed by atoms with Gasteiger partial charge in [0, 0.05) is 18.8 Å². The standard InChI is InChI=1S/C15H11F3N4O/c1-19-14(23)11-8-21-22-12(5-6-20-13(11)22)9-3-2-4-10(7-9)15(16,17)18/h2-8H,1H3,(H,19,23). The Bertz CT molecular complexity index is 886. The van der Waals surface area contributed by atoms with Crippen molar-refractivity contribution in [3.8, 4) is 11.3 Å². The molecule has 0 atom stereocenters. The number of fused-ring (bicyclic) bond motifs is 1. The van der Waals surface area contributed by atoms with Crippen molar-refractivity contribution in [2.45, 2.75) is 6.18 Å². The monoisotopic (exact) mass is 320 g/mol. The summed E-state index contributed by atoms with van der Waals surface area (Å²) in [4.78, 5) is 15.9. The molecule has 3 aromatic rings. The van der Waals surface area contributed by atoms with Crippen molar-refractivity contribution in [2.24, 2.45) is 0 Å². The fourth-order valence-corrected chi connectivity index (χ4v) is 2.26. The van der Waals surface area contributed by atoms with Crippen LogP contribution in [0.3, 0.4) is 0 Å². The second-order valence-corrected chi connectivity index (χ2v) is 4.78. The number of rotatable bonds is 2. The summed E-state index contributed by atoms with van der Waals surface area (Å²) in [6, 6.07) is 6.46. The van der Waals surface area contributed by atoms with Crippen LogP contribution in [0.25, 0.3) is 16.9 Å². The van der Waals surface area contributed by atoms with Crippen LogP contribution in [0.5, 0.6) is 0 Å². The SMILES string of the molecule is CNC(=O)c1cnn2c(-c3cccc(C(F)(F)F)c3)ccnc12. The maximum absolute atomic E-state index is 12.9. The van der Waals surface area contributed by atoms with E-state index in [0.29, 0.717) is 11.3 Å². The van der Waals surface area contributed by atoms with Gasteiger partial charge in [0.25, 0.3) is 5.91 Å². The number of amides is 1. The summed E-state index contributed by atoms with van der Waals surface area (Å²) in [5.74, 6) is -0.367. The Morgan fingerprint density at radius 2 is 2.04 bits per heavy atom. The number of carbonyl (C=O) groups excluding carboxylic acids is 1. The molecule has 23 heavy (non-hydrogen) atoms. The number of nitrogens with one attached hydrogen (secondary N) is 1. The zero-order valence-corrected chi connectivity index (χ0v) is 11.9. The van der Waals surface area contributed by atoms with Crippen molar-refractivity contribution in [1.82, 2.24) is 19.9 Å². The highest BCUT2D eigenvalue weighted by Gasteiger charge is 2.30. The molecular formula is C15H11F3N4O. The summed E-state index contributed by atoms with van der Waals surface area (Å²) >= 11 is 0. The summed E-state index contributed by atoms with van der Waals surface area (Å²) in [6.45, 7) is 0. The number of hydrogen-bond acceptors (Lipinski definition) is 3. The van der Waals surface area contributed by atoms with Crippen LogP contribution in [0.4, 0.5) is 13.2 Å². The Labute approximate surface area is 128 Å². The lowest BCUT2D eigenvalue weighted by molar-refractivity contribution is -0.137. The molecule has 1 amide bonds. The molecule has 118 valence electrons. The van der Waals surface area contributed by atoms with E-state index in [4.69, 9.17) is 0 Å². The van der Waals surface area contributed by atoms with E-state index < -0.39 is 11.7 Å². The van der Waals surface area contributed by atoms with E-state index in [9.17, 15) is 18.0 Å². The minimum atomic E-state index is -4.43. The van der Waals surface area contributed by atoms with Crippen molar-refractivity contribution >= 4 is 11.6 Å². The quantitative estimate of drug-likeness (QED) is 0.790. The summed E-state index contributed by atoms with van der Waals surface area (Å²) in [5, 5.41) is 6.53. The lowest BCUT2D eigenvalue weighted by atomic mass is 10.1. The average Bonchev–Trinajstić information content (AvgIpc) is 2.97. The molecule has 0 aliphatic rings. The number of halogens is 3. The van der Waals surface area contributed by atoms with Crippen molar-refractivity contribution in [3.05, 3.63) is 53.9 Å². The normalized spacial score (nSPS) is 11.7. The van der Waals surface area contributed by atoms with Gasteiger partial charge in [0.2, 0.25) is 0 Å². The maximum atomic E-state index is 12.9. The first kappa shape index (κ1) is 15.0. The van der Waals surface area contributed by atoms with Crippen LogP contribution in [0.15, 0.2) is 42.7 Å². The molecule has 0 radical (unpaired) electrons. The Hall–Kier alpha value is -2.90. The van der Waals surface area contributed by atoms with E-state index >= 15 is 0 Å². The number of aromatic nitrogens is 3. The number of nitrogens with zero attached hydrogens (tertiary/aromatic N) is 3. The lowest BCUT2D eigenvalue weighted by Gasteiger charge is -2.09. The van der Waals surface area contributed by atoms with E-state index in [2.05, 4.69) is 15.4 Å². The molecule has 0 aliphatic heterocycles. The molecule has 0 unspecified atom stereocenters. The second kappa shape index (κ2) is 5.38. The number of benzene rings is 1. The van der Waals surface area contributed by atoms with Crippen LogP contribution >= 0.6 is 0 Å². The van der Waals surface area contributed by atoms with E-state index in [1.165, 1.54) is 30.0 Å². The molecule has 2 aromatic heterocycles. The van der Waals surface area contributed by atoms with Gasteiger partial charge in [-0.3, -0.25) is 4.79 Å². The van der Waals surface area contributed by atoms with Gasteiger partial charge in [-0.2, -0.15) is 18.3 Å². The molecule has 0 saturated carbocycles. The zero-order valence-electron chi connectivity index (χ0n) is 11.9. The lowest BCUT2D eigenvalue weighted by Crippen LogP contribution is -2.17. The minimum absolute atomic E-state index is 0.251. The van der Waals surface area contributed by atoms with Gasteiger partial charge in [-0.25, -0.2) is 9.50 Å². The first-order chi connectivity index (χ1) is 10.9. The summed E-state index contributed by atoms with van der Waals surface area (Å²) in [5.41, 5.74) is 0.522. The third kappa shape index (κ3) is 2.63. The van der Waals surface area contributed by atoms with Crippen LogP contribution in [0.2, 0.25) is 0 Å². The van der Waals surface area contributed by atoms with Crippen LogP contribution < -0.4 is 5.32 Å². The molecule has 2 heterocycles. The molecule has 0 aliphatic carbocycles. The summed E-state index contributed by atoms with van der Waals surface area (Å²) < 4.78 is 39.9. The molecule has 1 aromatic carbocycles. The second-order valence-electron chi connectivity index (χ2n) is 4.78. The number of hydrogen-bond donors (Lipinski definition) is 1. The Morgan fingerprint density at radius 1 is 1.26 bits per heavy atom. The molecule has 0 spiro atoms. The van der Waals surface area contributed by atoms with Crippen molar-refractivity contribution in [2.75, 3.05) is 7.05 Å². The van der Waals surface area contributed by atoms with E-state index in [-0.39, 0.29) is 17.1 Å². The molecule has 0 fully saturated rings. The first-order valence-electron chi connectivity index (χ1n) is 6.64. The molecule has 1 N–H and O–H groups in total. The summed E-state index contributed by atoms with van der Waals surface area (Å²) in [7, 11) is 1.47. The van der Waals surface area contributed by atoms with Crippen LogP contribution in [0.1, 0.15) is 15.9 Å². The zero-order chi connectivity index (χ0) is 16.6. The maximum Gasteiger partial charge on any atom is 0.416 e. The predicted octanol–water partition coefficient (Wildman–Crippen LogP) is 2.77. The van der Waals surface area contributed by atoms with Crippen LogP contribution in [-0.2, 0) is 6.18 Å². The molecule has 5 nitrogen and oxygen atoms in total. The molecule has 8 heteroatoms. The van der Waals surface area contributed by atoms with Gasteiger partial charge in [0.15, 0.2) is 5.65 Å². The Morgan fingerprint density at radius 3 is 2.74 bits per heavy atom. The molecule has 0 bridgehead atoms. The molecule has 3 rings (SSSR count). The third-order valence-electron chi connectivity index (χ3n) is 3.36. The topological polar surface area (TPSA) is 59.3 Å². The predicted molar refractivity (Wildman–Crippen MR) is 76.8 cm³/mol. The van der Waals surface area contributed by atoms with E-state index in [1.807, 2.05) is 0 Å². The van der Waals surface area contributed by atoms with Crippen molar-refractivity contribution in [1.29, 1.82) is 0 Å². The highest BCUT2D eigenvalue weighted by molar-refractivity contribution is 5.99. The highest BCUT2D eigenvalue weighted by atomic mass is 19.4. The van der Waals surface area contributed by atoms with Gasteiger partial charge in [-0.05, 0) is 18.2 Å². The van der Waals surface area contributed by atoms with Gasteiger partial charge in [-0.1, -0.05) is 12.1 Å².